The van der Waals surface area contributed by atoms with Crippen LogP contribution in [0.15, 0.2) is 30.3 Å². The molecule has 1 N–H and O–H groups in total. The van der Waals surface area contributed by atoms with Crippen LogP contribution in [-0.2, 0) is 9.59 Å². The van der Waals surface area contributed by atoms with E-state index in [0.29, 0.717) is 0 Å². The van der Waals surface area contributed by atoms with Crippen LogP contribution in [-0.4, -0.2) is 41.6 Å². The number of carboxylic acid groups (broad SMARTS) is 1. The van der Waals surface area contributed by atoms with E-state index in [1.54, 1.807) is 13.1 Å². The van der Waals surface area contributed by atoms with Crippen LogP contribution in [0.5, 0.6) is 5.75 Å². The molecule has 1 aromatic rings. The maximum atomic E-state index is 11.8. The molecule has 0 heterocycles. The fourth-order valence-corrected chi connectivity index (χ4v) is 1.63. The molecule has 0 saturated heterocycles. The summed E-state index contributed by atoms with van der Waals surface area (Å²) < 4.78 is 5.58. The number of rotatable bonds is 7. The monoisotopic (exact) mass is 291 g/mol. The summed E-state index contributed by atoms with van der Waals surface area (Å²) in [6, 6.07) is 7.43. The minimum absolute atomic E-state index is 0.0617. The molecule has 0 aliphatic rings. The zero-order valence-electron chi connectivity index (χ0n) is 12.6. The number of likely N-dealkylation sites (N-methyl/N-ethyl adjacent to an activating group) is 1. The van der Waals surface area contributed by atoms with Crippen molar-refractivity contribution >= 4 is 18.0 Å². The molecule has 0 unspecified atom stereocenters. The van der Waals surface area contributed by atoms with Gasteiger partial charge in [0.2, 0.25) is 5.91 Å². The van der Waals surface area contributed by atoms with Crippen molar-refractivity contribution < 1.29 is 19.4 Å². The van der Waals surface area contributed by atoms with Gasteiger partial charge in [-0.25, -0.2) is 0 Å². The third kappa shape index (κ3) is 6.61. The van der Waals surface area contributed by atoms with Crippen LogP contribution in [0.25, 0.3) is 6.08 Å². The van der Waals surface area contributed by atoms with Crippen molar-refractivity contribution in [1.29, 1.82) is 0 Å². The molecule has 0 aliphatic carbocycles. The zero-order valence-corrected chi connectivity index (χ0v) is 12.6. The quantitative estimate of drug-likeness (QED) is 0.783. The number of carbonyl (C=O) groups is 2. The highest BCUT2D eigenvalue weighted by Gasteiger charge is 2.07. The third-order valence-electron chi connectivity index (χ3n) is 2.69. The molecule has 0 atom stereocenters. The number of amides is 1. The topological polar surface area (TPSA) is 66.8 Å². The number of aliphatic carboxylic acids is 1. The Hall–Kier alpha value is -2.30. The average Bonchev–Trinajstić information content (AvgIpc) is 2.41. The van der Waals surface area contributed by atoms with Crippen LogP contribution in [0, 0.1) is 0 Å². The predicted octanol–water partition coefficient (Wildman–Crippen LogP) is 2.42. The fourth-order valence-electron chi connectivity index (χ4n) is 1.63. The van der Waals surface area contributed by atoms with Crippen LogP contribution in [0.4, 0.5) is 0 Å². The first kappa shape index (κ1) is 16.8. The van der Waals surface area contributed by atoms with Crippen molar-refractivity contribution in [3.05, 3.63) is 35.9 Å². The first-order valence-corrected chi connectivity index (χ1v) is 6.80. The molecule has 1 amide bonds. The van der Waals surface area contributed by atoms with E-state index >= 15 is 0 Å². The number of hydrogen-bond acceptors (Lipinski definition) is 3. The van der Waals surface area contributed by atoms with E-state index in [0.717, 1.165) is 11.3 Å². The van der Waals surface area contributed by atoms with Crippen LogP contribution in [0.2, 0.25) is 0 Å². The molecule has 5 heteroatoms. The van der Waals surface area contributed by atoms with Gasteiger partial charge in [0.25, 0.3) is 0 Å². The number of nitrogens with zero attached hydrogens (tertiary/aromatic N) is 1. The first-order valence-electron chi connectivity index (χ1n) is 6.80. The van der Waals surface area contributed by atoms with Crippen molar-refractivity contribution in [2.24, 2.45) is 0 Å². The van der Waals surface area contributed by atoms with Crippen LogP contribution >= 0.6 is 0 Å². The Balaban J connectivity index is 2.63. The molecule has 0 aromatic heterocycles. The Kier molecular flexibility index (Phi) is 6.46. The molecule has 0 spiro atoms. The highest BCUT2D eigenvalue weighted by molar-refractivity contribution is 5.91. The van der Waals surface area contributed by atoms with E-state index in [2.05, 4.69) is 0 Å². The standard InChI is InChI=1S/C16H21NO4/c1-12(2)21-14-6-4-5-13(11-14)7-8-15(18)17(3)10-9-16(19)20/h4-8,11-12H,9-10H2,1-3H3,(H,19,20)/b8-7+. The van der Waals surface area contributed by atoms with Gasteiger partial charge >= 0.3 is 5.97 Å². The van der Waals surface area contributed by atoms with Gasteiger partial charge in [0.15, 0.2) is 0 Å². The first-order chi connectivity index (χ1) is 9.88. The molecule has 21 heavy (non-hydrogen) atoms. The van der Waals surface area contributed by atoms with Crippen LogP contribution in [0.3, 0.4) is 0 Å². The lowest BCUT2D eigenvalue weighted by atomic mass is 10.2. The van der Waals surface area contributed by atoms with Gasteiger partial charge in [0.1, 0.15) is 5.75 Å². The lowest BCUT2D eigenvalue weighted by molar-refractivity contribution is -0.137. The zero-order chi connectivity index (χ0) is 15.8. The second kappa shape index (κ2) is 8.09. The van der Waals surface area contributed by atoms with Gasteiger partial charge < -0.3 is 14.7 Å². The molecule has 1 aromatic carbocycles. The lowest BCUT2D eigenvalue weighted by Crippen LogP contribution is -2.27. The summed E-state index contributed by atoms with van der Waals surface area (Å²) in [5, 5.41) is 8.58. The molecule has 1 rings (SSSR count). The van der Waals surface area contributed by atoms with Gasteiger partial charge in [-0.05, 0) is 37.6 Å². The van der Waals surface area contributed by atoms with Crippen LogP contribution in [0.1, 0.15) is 25.8 Å². The molecule has 0 bridgehead atoms. The predicted molar refractivity (Wildman–Crippen MR) is 81.1 cm³/mol. The SMILES string of the molecule is CC(C)Oc1cccc(/C=C/C(=O)N(C)CCC(=O)O)c1. The van der Waals surface area contributed by atoms with E-state index in [1.165, 1.54) is 11.0 Å². The summed E-state index contributed by atoms with van der Waals surface area (Å²) in [4.78, 5) is 23.6. The van der Waals surface area contributed by atoms with Gasteiger partial charge in [-0.1, -0.05) is 12.1 Å². The van der Waals surface area contributed by atoms with Crippen molar-refractivity contribution in [3.8, 4) is 5.75 Å². The summed E-state index contributed by atoms with van der Waals surface area (Å²) in [6.07, 6.45) is 3.14. The molecule has 5 nitrogen and oxygen atoms in total. The Morgan fingerprint density at radius 3 is 2.71 bits per heavy atom. The van der Waals surface area contributed by atoms with E-state index < -0.39 is 5.97 Å². The van der Waals surface area contributed by atoms with E-state index in [4.69, 9.17) is 9.84 Å². The number of carbonyl (C=O) groups excluding carboxylic acids is 1. The molecule has 0 aliphatic heterocycles. The van der Waals surface area contributed by atoms with Crippen molar-refractivity contribution in [2.75, 3.05) is 13.6 Å². The largest absolute Gasteiger partial charge is 0.491 e. The van der Waals surface area contributed by atoms with Crippen molar-refractivity contribution in [1.82, 2.24) is 4.90 Å². The minimum Gasteiger partial charge on any atom is -0.491 e. The Bertz CT molecular complexity index is 523. The molecule has 0 fully saturated rings. The summed E-state index contributed by atoms with van der Waals surface area (Å²) in [6.45, 7) is 4.09. The highest BCUT2D eigenvalue weighted by Crippen LogP contribution is 2.16. The van der Waals surface area contributed by atoms with E-state index in [9.17, 15) is 9.59 Å². The van der Waals surface area contributed by atoms with Crippen molar-refractivity contribution in [2.45, 2.75) is 26.4 Å². The fraction of sp³-hybridized carbons (Fsp3) is 0.375. The summed E-state index contributed by atoms with van der Waals surface area (Å²) >= 11 is 0. The van der Waals surface area contributed by atoms with Gasteiger partial charge in [-0.2, -0.15) is 0 Å². The minimum atomic E-state index is -0.919. The summed E-state index contributed by atoms with van der Waals surface area (Å²) in [5.74, 6) is -0.401. The third-order valence-corrected chi connectivity index (χ3v) is 2.69. The maximum absolute atomic E-state index is 11.8. The average molecular weight is 291 g/mol. The molecular formula is C16H21NO4. The summed E-state index contributed by atoms with van der Waals surface area (Å²) in [7, 11) is 1.58. The van der Waals surface area contributed by atoms with Gasteiger partial charge in [-0.15, -0.1) is 0 Å². The number of ether oxygens (including phenoxy) is 1. The number of hydrogen-bond donors (Lipinski definition) is 1. The Morgan fingerprint density at radius 2 is 2.10 bits per heavy atom. The van der Waals surface area contributed by atoms with Crippen molar-refractivity contribution in [3.63, 3.8) is 0 Å². The second-order valence-corrected chi connectivity index (χ2v) is 4.98. The van der Waals surface area contributed by atoms with E-state index in [-0.39, 0.29) is 25.0 Å². The molecule has 0 radical (unpaired) electrons. The maximum Gasteiger partial charge on any atom is 0.305 e. The normalized spacial score (nSPS) is 10.9. The Morgan fingerprint density at radius 1 is 1.38 bits per heavy atom. The lowest BCUT2D eigenvalue weighted by Gasteiger charge is -2.13. The smallest absolute Gasteiger partial charge is 0.305 e. The molecule has 0 saturated carbocycles. The van der Waals surface area contributed by atoms with Gasteiger partial charge in [0, 0.05) is 19.7 Å². The van der Waals surface area contributed by atoms with Crippen LogP contribution < -0.4 is 4.74 Å². The Labute approximate surface area is 124 Å². The van der Waals surface area contributed by atoms with E-state index in [1.807, 2.05) is 38.1 Å². The highest BCUT2D eigenvalue weighted by atomic mass is 16.5. The number of benzene rings is 1. The second-order valence-electron chi connectivity index (χ2n) is 4.98. The summed E-state index contributed by atoms with van der Waals surface area (Å²) in [5.41, 5.74) is 0.855. The molecular weight excluding hydrogens is 270 g/mol. The van der Waals surface area contributed by atoms with Gasteiger partial charge in [0.05, 0.1) is 12.5 Å². The molecule has 114 valence electrons. The number of carboxylic acids is 1. The van der Waals surface area contributed by atoms with Gasteiger partial charge in [-0.3, -0.25) is 9.59 Å².